The van der Waals surface area contributed by atoms with E-state index in [1.165, 1.54) is 19.3 Å². The van der Waals surface area contributed by atoms with E-state index < -0.39 is 0 Å². The van der Waals surface area contributed by atoms with E-state index in [0.29, 0.717) is 10.6 Å². The van der Waals surface area contributed by atoms with Crippen molar-refractivity contribution in [1.29, 1.82) is 0 Å². The normalized spacial score (nSPS) is 17.8. The minimum absolute atomic E-state index is 0.0428. The highest BCUT2D eigenvalue weighted by Crippen LogP contribution is 2.28. The van der Waals surface area contributed by atoms with Crippen molar-refractivity contribution in [1.82, 2.24) is 0 Å². The molecule has 0 saturated carbocycles. The van der Waals surface area contributed by atoms with Crippen molar-refractivity contribution >= 4 is 23.1 Å². The summed E-state index contributed by atoms with van der Waals surface area (Å²) in [6, 6.07) is 5.67. The topological polar surface area (TPSA) is 61.8 Å². The van der Waals surface area contributed by atoms with Crippen LogP contribution in [0, 0.1) is 5.92 Å². The summed E-state index contributed by atoms with van der Waals surface area (Å²) < 4.78 is 0. The predicted molar refractivity (Wildman–Crippen MR) is 79.2 cm³/mol. The molecule has 0 unspecified atom stereocenters. The molecule has 2 rings (SSSR count). The van der Waals surface area contributed by atoms with Crippen molar-refractivity contribution in [3.8, 4) is 0 Å². The fraction of sp³-hybridized carbons (Fsp3) is 0.500. The number of nitrogens with zero attached hydrogens (tertiary/aromatic N) is 2. The van der Waals surface area contributed by atoms with Gasteiger partial charge in [0.25, 0.3) is 0 Å². The van der Waals surface area contributed by atoms with Crippen molar-refractivity contribution in [2.75, 3.05) is 18.0 Å². The Balaban J connectivity index is 2.12. The van der Waals surface area contributed by atoms with Gasteiger partial charge in [0.15, 0.2) is 5.84 Å². The molecule has 1 aromatic rings. The van der Waals surface area contributed by atoms with Crippen molar-refractivity contribution in [3.63, 3.8) is 0 Å². The van der Waals surface area contributed by atoms with Crippen molar-refractivity contribution in [2.24, 2.45) is 16.8 Å². The van der Waals surface area contributed by atoms with E-state index in [0.717, 1.165) is 24.7 Å². The van der Waals surface area contributed by atoms with Crippen molar-refractivity contribution in [3.05, 3.63) is 28.8 Å². The Bertz CT molecular complexity index is 468. The Morgan fingerprint density at radius 3 is 2.68 bits per heavy atom. The lowest BCUT2D eigenvalue weighted by molar-refractivity contribution is 0.318. The zero-order valence-corrected chi connectivity index (χ0v) is 11.9. The molecule has 1 saturated heterocycles. The van der Waals surface area contributed by atoms with Crippen LogP contribution >= 0.6 is 11.6 Å². The number of hydrogen-bond donors (Lipinski definition) is 2. The maximum Gasteiger partial charge on any atom is 0.171 e. The summed E-state index contributed by atoms with van der Waals surface area (Å²) in [5.74, 6) is 0.893. The molecule has 0 aliphatic carbocycles. The lowest BCUT2D eigenvalue weighted by Gasteiger charge is -2.33. The van der Waals surface area contributed by atoms with Gasteiger partial charge in [-0.1, -0.05) is 30.1 Å². The number of amidine groups is 1. The highest BCUT2D eigenvalue weighted by atomic mass is 35.5. The molecular weight excluding hydrogens is 262 g/mol. The van der Waals surface area contributed by atoms with Gasteiger partial charge in [0.1, 0.15) is 0 Å². The van der Waals surface area contributed by atoms with Crippen molar-refractivity contribution < 1.29 is 5.21 Å². The molecule has 104 valence electrons. The van der Waals surface area contributed by atoms with E-state index in [1.54, 1.807) is 6.07 Å². The molecule has 19 heavy (non-hydrogen) atoms. The van der Waals surface area contributed by atoms with E-state index >= 15 is 0 Å². The second-order valence-corrected chi connectivity index (χ2v) is 5.40. The third kappa shape index (κ3) is 3.13. The summed E-state index contributed by atoms with van der Waals surface area (Å²) in [5, 5.41) is 12.2. The number of anilines is 1. The molecule has 1 aliphatic heterocycles. The molecule has 0 bridgehead atoms. The van der Waals surface area contributed by atoms with Gasteiger partial charge in [-0.25, -0.2) is 0 Å². The van der Waals surface area contributed by atoms with Crippen LogP contribution in [-0.4, -0.2) is 24.1 Å². The first-order valence-electron chi connectivity index (χ1n) is 6.68. The molecule has 0 amide bonds. The fourth-order valence-corrected chi connectivity index (χ4v) is 2.83. The minimum Gasteiger partial charge on any atom is -0.409 e. The van der Waals surface area contributed by atoms with Crippen LogP contribution in [0.3, 0.4) is 0 Å². The number of halogens is 1. The van der Waals surface area contributed by atoms with E-state index in [9.17, 15) is 0 Å². The van der Waals surface area contributed by atoms with Crippen LogP contribution in [-0.2, 0) is 0 Å². The van der Waals surface area contributed by atoms with Gasteiger partial charge < -0.3 is 15.8 Å². The molecule has 3 N–H and O–H groups in total. The van der Waals surface area contributed by atoms with Crippen LogP contribution < -0.4 is 10.6 Å². The molecule has 5 heteroatoms. The quantitative estimate of drug-likeness (QED) is 0.387. The molecule has 1 aliphatic rings. The van der Waals surface area contributed by atoms with Gasteiger partial charge >= 0.3 is 0 Å². The summed E-state index contributed by atoms with van der Waals surface area (Å²) >= 11 is 6.18. The van der Waals surface area contributed by atoms with E-state index in [1.807, 2.05) is 12.1 Å². The van der Waals surface area contributed by atoms with Gasteiger partial charge in [-0.2, -0.15) is 0 Å². The molecule has 0 radical (unpaired) electrons. The predicted octanol–water partition coefficient (Wildman–Crippen LogP) is 3.06. The van der Waals surface area contributed by atoms with Gasteiger partial charge in [-0.05, 0) is 37.0 Å². The Hall–Kier alpha value is -1.42. The number of rotatable bonds is 3. The molecule has 1 aromatic carbocycles. The first-order chi connectivity index (χ1) is 9.15. The second kappa shape index (κ2) is 6.15. The first kappa shape index (κ1) is 14.0. The molecule has 1 heterocycles. The maximum absolute atomic E-state index is 8.68. The largest absolute Gasteiger partial charge is 0.409 e. The summed E-state index contributed by atoms with van der Waals surface area (Å²) in [5.41, 5.74) is 7.23. The number of benzene rings is 1. The van der Waals surface area contributed by atoms with Crippen LogP contribution in [0.4, 0.5) is 5.69 Å². The van der Waals surface area contributed by atoms with Gasteiger partial charge in [-0.3, -0.25) is 0 Å². The SMILES string of the molecule is CCC1CCN(c2ccc(C(N)=NO)c(Cl)c2)CC1. The standard InChI is InChI=1S/C14H20ClN3O/c1-2-10-5-7-18(8-6-10)11-3-4-12(13(15)9-11)14(16)17-19/h3-4,9-10,19H,2,5-8H2,1H3,(H2,16,17). The average molecular weight is 282 g/mol. The van der Waals surface area contributed by atoms with Gasteiger partial charge in [-0.15, -0.1) is 0 Å². The van der Waals surface area contributed by atoms with Crippen molar-refractivity contribution in [2.45, 2.75) is 26.2 Å². The van der Waals surface area contributed by atoms with Crippen LogP contribution in [0.2, 0.25) is 5.02 Å². The van der Waals surface area contributed by atoms with Gasteiger partial charge in [0.05, 0.1) is 5.02 Å². The molecule has 1 fully saturated rings. The summed E-state index contributed by atoms with van der Waals surface area (Å²) in [4.78, 5) is 2.34. The maximum atomic E-state index is 8.68. The summed E-state index contributed by atoms with van der Waals surface area (Å²) in [7, 11) is 0. The number of oxime groups is 1. The Morgan fingerprint density at radius 1 is 1.47 bits per heavy atom. The van der Waals surface area contributed by atoms with Crippen LogP contribution in [0.5, 0.6) is 0 Å². The molecule has 0 spiro atoms. The highest BCUT2D eigenvalue weighted by molar-refractivity contribution is 6.34. The molecule has 0 aromatic heterocycles. The smallest absolute Gasteiger partial charge is 0.171 e. The lowest BCUT2D eigenvalue weighted by atomic mass is 9.94. The van der Waals surface area contributed by atoms with Crippen LogP contribution in [0.25, 0.3) is 0 Å². The fourth-order valence-electron chi connectivity index (χ4n) is 2.56. The molecular formula is C14H20ClN3O. The Morgan fingerprint density at radius 2 is 2.16 bits per heavy atom. The monoisotopic (exact) mass is 281 g/mol. The number of nitrogens with two attached hydrogens (primary N) is 1. The van der Waals surface area contributed by atoms with Gasteiger partial charge in [0.2, 0.25) is 0 Å². The zero-order chi connectivity index (χ0) is 13.8. The van der Waals surface area contributed by atoms with Crippen LogP contribution in [0.1, 0.15) is 31.7 Å². The van der Waals surface area contributed by atoms with E-state index in [4.69, 9.17) is 22.5 Å². The zero-order valence-electron chi connectivity index (χ0n) is 11.1. The lowest BCUT2D eigenvalue weighted by Crippen LogP contribution is -2.33. The number of hydrogen-bond acceptors (Lipinski definition) is 3. The third-order valence-corrected chi connectivity index (χ3v) is 4.21. The van der Waals surface area contributed by atoms with E-state index in [2.05, 4.69) is 17.0 Å². The van der Waals surface area contributed by atoms with Gasteiger partial charge in [0, 0.05) is 24.3 Å². The Kier molecular flexibility index (Phi) is 4.53. The molecule has 4 nitrogen and oxygen atoms in total. The third-order valence-electron chi connectivity index (χ3n) is 3.89. The summed E-state index contributed by atoms with van der Waals surface area (Å²) in [6.07, 6.45) is 3.73. The van der Waals surface area contributed by atoms with Crippen LogP contribution in [0.15, 0.2) is 23.4 Å². The highest BCUT2D eigenvalue weighted by Gasteiger charge is 2.18. The second-order valence-electron chi connectivity index (χ2n) is 4.99. The Labute approximate surface area is 118 Å². The molecule has 0 atom stereocenters. The minimum atomic E-state index is 0.0428. The summed E-state index contributed by atoms with van der Waals surface area (Å²) in [6.45, 7) is 4.39. The average Bonchev–Trinajstić information content (AvgIpc) is 2.46. The number of piperidine rings is 1. The first-order valence-corrected chi connectivity index (χ1v) is 7.06. The van der Waals surface area contributed by atoms with E-state index in [-0.39, 0.29) is 5.84 Å².